The summed E-state index contributed by atoms with van der Waals surface area (Å²) in [6.45, 7) is 0.116. The number of nitriles is 1. The standard InChI is InChI=1S/C17H18N4O3S/c1-21(25(23,24)16-6-4-14(11-18)5-7-16)13-17(22)20-10-8-15-3-2-9-19-12-15/h2-7,9,12H,8,10,13H2,1H3,(H,20,22). The molecule has 1 heterocycles. The van der Waals surface area contributed by atoms with Gasteiger partial charge in [-0.05, 0) is 42.3 Å². The Labute approximate surface area is 147 Å². The van der Waals surface area contributed by atoms with Crippen LogP contribution in [0, 0.1) is 11.3 Å². The molecule has 1 amide bonds. The first-order valence-corrected chi connectivity index (χ1v) is 8.99. The van der Waals surface area contributed by atoms with Crippen LogP contribution in [0.2, 0.25) is 0 Å². The van der Waals surface area contributed by atoms with Crippen LogP contribution in [0.5, 0.6) is 0 Å². The predicted octanol–water partition coefficient (Wildman–Crippen LogP) is 0.933. The molecular formula is C17H18N4O3S. The zero-order chi connectivity index (χ0) is 18.3. The van der Waals surface area contributed by atoms with E-state index in [2.05, 4.69) is 10.3 Å². The molecule has 0 spiro atoms. The van der Waals surface area contributed by atoms with Gasteiger partial charge in [-0.2, -0.15) is 9.57 Å². The molecule has 0 saturated carbocycles. The smallest absolute Gasteiger partial charge is 0.243 e. The van der Waals surface area contributed by atoms with E-state index in [1.54, 1.807) is 12.4 Å². The number of aromatic nitrogens is 1. The largest absolute Gasteiger partial charge is 0.355 e. The normalized spacial score (nSPS) is 11.1. The van der Waals surface area contributed by atoms with Gasteiger partial charge < -0.3 is 5.32 Å². The number of benzene rings is 1. The molecule has 0 aliphatic rings. The topological polar surface area (TPSA) is 103 Å². The highest BCUT2D eigenvalue weighted by atomic mass is 32.2. The number of nitrogens with one attached hydrogen (secondary N) is 1. The van der Waals surface area contributed by atoms with E-state index in [9.17, 15) is 13.2 Å². The van der Waals surface area contributed by atoms with Crippen molar-refractivity contribution in [1.29, 1.82) is 5.26 Å². The van der Waals surface area contributed by atoms with Crippen molar-refractivity contribution in [2.75, 3.05) is 20.1 Å². The summed E-state index contributed by atoms with van der Waals surface area (Å²) in [5.74, 6) is -0.386. The Hall–Kier alpha value is -2.76. The summed E-state index contributed by atoms with van der Waals surface area (Å²) in [5, 5.41) is 11.4. The van der Waals surface area contributed by atoms with E-state index in [0.29, 0.717) is 18.5 Å². The molecule has 8 heteroatoms. The fourth-order valence-corrected chi connectivity index (χ4v) is 3.24. The number of carbonyl (C=O) groups is 1. The highest BCUT2D eigenvalue weighted by Gasteiger charge is 2.22. The minimum Gasteiger partial charge on any atom is -0.355 e. The lowest BCUT2D eigenvalue weighted by molar-refractivity contribution is -0.121. The van der Waals surface area contributed by atoms with Gasteiger partial charge in [0.15, 0.2) is 0 Å². The molecule has 130 valence electrons. The first kappa shape index (κ1) is 18.6. The summed E-state index contributed by atoms with van der Waals surface area (Å²) in [6, 6.07) is 11.2. The third kappa shape index (κ3) is 5.11. The third-order valence-corrected chi connectivity index (χ3v) is 5.33. The maximum absolute atomic E-state index is 12.4. The summed E-state index contributed by atoms with van der Waals surface area (Å²) in [5.41, 5.74) is 1.36. The molecule has 1 N–H and O–H groups in total. The summed E-state index contributed by atoms with van der Waals surface area (Å²) in [6.07, 6.45) is 4.00. The highest BCUT2D eigenvalue weighted by Crippen LogP contribution is 2.14. The highest BCUT2D eigenvalue weighted by molar-refractivity contribution is 7.89. The van der Waals surface area contributed by atoms with Gasteiger partial charge in [0.1, 0.15) is 0 Å². The lowest BCUT2D eigenvalue weighted by Gasteiger charge is -2.17. The summed E-state index contributed by atoms with van der Waals surface area (Å²) in [7, 11) is -2.44. The minimum absolute atomic E-state index is 0.0390. The number of pyridine rings is 1. The van der Waals surface area contributed by atoms with Crippen molar-refractivity contribution in [3.05, 3.63) is 59.9 Å². The second-order valence-electron chi connectivity index (χ2n) is 5.36. The summed E-state index contributed by atoms with van der Waals surface area (Å²) < 4.78 is 25.8. The van der Waals surface area contributed by atoms with Gasteiger partial charge in [-0.25, -0.2) is 8.42 Å². The molecule has 7 nitrogen and oxygen atoms in total. The average molecular weight is 358 g/mol. The number of rotatable bonds is 7. The molecule has 0 atom stereocenters. The van der Waals surface area contributed by atoms with E-state index in [0.717, 1.165) is 9.87 Å². The number of nitrogens with zero attached hydrogens (tertiary/aromatic N) is 3. The fourth-order valence-electron chi connectivity index (χ4n) is 2.12. The Balaban J connectivity index is 1.89. The Morgan fingerprint density at radius 2 is 2.00 bits per heavy atom. The van der Waals surface area contributed by atoms with Crippen molar-refractivity contribution in [2.45, 2.75) is 11.3 Å². The zero-order valence-electron chi connectivity index (χ0n) is 13.7. The number of hydrogen-bond donors (Lipinski definition) is 1. The molecule has 0 fully saturated rings. The van der Waals surface area contributed by atoms with Gasteiger partial charge >= 0.3 is 0 Å². The van der Waals surface area contributed by atoms with Crippen LogP contribution < -0.4 is 5.32 Å². The van der Waals surface area contributed by atoms with Crippen molar-refractivity contribution in [2.24, 2.45) is 0 Å². The van der Waals surface area contributed by atoms with E-state index in [4.69, 9.17) is 5.26 Å². The number of hydrogen-bond acceptors (Lipinski definition) is 5. The second-order valence-corrected chi connectivity index (χ2v) is 7.40. The third-order valence-electron chi connectivity index (χ3n) is 3.52. The molecule has 0 unspecified atom stereocenters. The van der Waals surface area contributed by atoms with Gasteiger partial charge in [0, 0.05) is 26.0 Å². The molecular weight excluding hydrogens is 340 g/mol. The van der Waals surface area contributed by atoms with E-state index < -0.39 is 10.0 Å². The molecule has 2 rings (SSSR count). The molecule has 0 radical (unpaired) electrons. The van der Waals surface area contributed by atoms with Crippen LogP contribution in [-0.2, 0) is 21.2 Å². The van der Waals surface area contributed by atoms with Crippen LogP contribution in [0.4, 0.5) is 0 Å². The molecule has 0 aliphatic carbocycles. The molecule has 0 saturated heterocycles. The Bertz CT molecular complexity index is 859. The Morgan fingerprint density at radius 1 is 1.28 bits per heavy atom. The van der Waals surface area contributed by atoms with Crippen molar-refractivity contribution >= 4 is 15.9 Å². The molecule has 1 aromatic carbocycles. The lowest BCUT2D eigenvalue weighted by atomic mass is 10.2. The Morgan fingerprint density at radius 3 is 2.60 bits per heavy atom. The van der Waals surface area contributed by atoms with Gasteiger partial charge in [-0.3, -0.25) is 9.78 Å². The first-order chi connectivity index (χ1) is 11.9. The molecule has 0 aliphatic heterocycles. The molecule has 0 bridgehead atoms. The van der Waals surface area contributed by atoms with Crippen LogP contribution in [-0.4, -0.2) is 43.8 Å². The quantitative estimate of drug-likeness (QED) is 0.793. The van der Waals surface area contributed by atoms with Crippen LogP contribution in [0.15, 0.2) is 53.7 Å². The van der Waals surface area contributed by atoms with E-state index >= 15 is 0 Å². The van der Waals surface area contributed by atoms with Crippen LogP contribution in [0.25, 0.3) is 0 Å². The van der Waals surface area contributed by atoms with Gasteiger partial charge in [-0.15, -0.1) is 0 Å². The molecule has 1 aromatic heterocycles. The van der Waals surface area contributed by atoms with Crippen molar-refractivity contribution in [3.8, 4) is 6.07 Å². The van der Waals surface area contributed by atoms with E-state index in [-0.39, 0.29) is 17.3 Å². The van der Waals surface area contributed by atoms with E-state index in [1.165, 1.54) is 31.3 Å². The predicted molar refractivity (Wildman–Crippen MR) is 91.9 cm³/mol. The summed E-state index contributed by atoms with van der Waals surface area (Å²) in [4.78, 5) is 16.0. The zero-order valence-corrected chi connectivity index (χ0v) is 14.5. The number of likely N-dealkylation sites (N-methyl/N-ethyl adjacent to an activating group) is 1. The van der Waals surface area contributed by atoms with Gasteiger partial charge in [0.25, 0.3) is 0 Å². The first-order valence-electron chi connectivity index (χ1n) is 7.55. The monoisotopic (exact) mass is 358 g/mol. The number of carbonyl (C=O) groups excluding carboxylic acids is 1. The minimum atomic E-state index is -3.78. The maximum atomic E-state index is 12.4. The van der Waals surface area contributed by atoms with E-state index in [1.807, 2.05) is 18.2 Å². The van der Waals surface area contributed by atoms with Gasteiger partial charge in [-0.1, -0.05) is 6.07 Å². The summed E-state index contributed by atoms with van der Waals surface area (Å²) >= 11 is 0. The van der Waals surface area contributed by atoms with Crippen LogP contribution in [0.1, 0.15) is 11.1 Å². The van der Waals surface area contributed by atoms with Crippen LogP contribution in [0.3, 0.4) is 0 Å². The van der Waals surface area contributed by atoms with Crippen molar-refractivity contribution in [3.63, 3.8) is 0 Å². The van der Waals surface area contributed by atoms with Crippen molar-refractivity contribution < 1.29 is 13.2 Å². The van der Waals surface area contributed by atoms with Crippen molar-refractivity contribution in [1.82, 2.24) is 14.6 Å². The molecule has 2 aromatic rings. The maximum Gasteiger partial charge on any atom is 0.243 e. The SMILES string of the molecule is CN(CC(=O)NCCc1cccnc1)S(=O)(=O)c1ccc(C#N)cc1. The van der Waals surface area contributed by atoms with Gasteiger partial charge in [0.05, 0.1) is 23.1 Å². The average Bonchev–Trinajstić information content (AvgIpc) is 2.62. The lowest BCUT2D eigenvalue weighted by Crippen LogP contribution is -2.39. The van der Waals surface area contributed by atoms with Crippen LogP contribution >= 0.6 is 0 Å². The second kappa shape index (κ2) is 8.37. The Kier molecular flexibility index (Phi) is 6.22. The number of amides is 1. The number of sulfonamides is 1. The van der Waals surface area contributed by atoms with Gasteiger partial charge in [0.2, 0.25) is 15.9 Å². The molecule has 25 heavy (non-hydrogen) atoms. The fraction of sp³-hybridized carbons (Fsp3) is 0.235.